The van der Waals surface area contributed by atoms with Crippen LogP contribution in [0, 0.1) is 5.41 Å². The second-order valence-corrected chi connectivity index (χ2v) is 6.50. The molecule has 0 fully saturated rings. The van der Waals surface area contributed by atoms with E-state index in [0.717, 1.165) is 0 Å². The van der Waals surface area contributed by atoms with E-state index in [9.17, 15) is 14.3 Å². The van der Waals surface area contributed by atoms with Crippen LogP contribution in [-0.2, 0) is 4.79 Å². The number of aliphatic imine (C=N–C) groups is 1. The van der Waals surface area contributed by atoms with Gasteiger partial charge in [-0.25, -0.2) is 4.39 Å². The average molecular weight is 277 g/mol. The molecule has 2 aliphatic rings. The van der Waals surface area contributed by atoms with E-state index >= 15 is 0 Å². The van der Waals surface area contributed by atoms with Crippen molar-refractivity contribution >= 4 is 12.0 Å². The van der Waals surface area contributed by atoms with Crippen LogP contribution in [0.2, 0.25) is 0 Å². The summed E-state index contributed by atoms with van der Waals surface area (Å²) in [6.45, 7) is 5.40. The molecule has 1 unspecified atom stereocenters. The third-order valence-corrected chi connectivity index (χ3v) is 3.55. The number of aliphatic hydroxyl groups is 1. The second-order valence-electron chi connectivity index (χ2n) is 6.50. The van der Waals surface area contributed by atoms with Gasteiger partial charge < -0.3 is 5.11 Å². The van der Waals surface area contributed by atoms with E-state index in [1.807, 2.05) is 13.8 Å². The van der Waals surface area contributed by atoms with E-state index in [1.54, 1.807) is 12.2 Å². The molecule has 1 atom stereocenters. The molecule has 108 valence electrons. The summed E-state index contributed by atoms with van der Waals surface area (Å²) >= 11 is 0. The monoisotopic (exact) mass is 277 g/mol. The van der Waals surface area contributed by atoms with Gasteiger partial charge in [-0.15, -0.1) is 0 Å². The third-order valence-electron chi connectivity index (χ3n) is 3.55. The molecule has 20 heavy (non-hydrogen) atoms. The zero-order chi connectivity index (χ0) is 15.0. The smallest absolute Gasteiger partial charge is 0.168 e. The van der Waals surface area contributed by atoms with Crippen molar-refractivity contribution < 1.29 is 14.3 Å². The van der Waals surface area contributed by atoms with E-state index in [1.165, 1.54) is 19.2 Å². The molecule has 1 N–H and O–H groups in total. The average Bonchev–Trinajstić information content (AvgIpc) is 2.28. The number of allylic oxidation sites excluding steroid dienone is 5. The van der Waals surface area contributed by atoms with Crippen molar-refractivity contribution in [2.75, 3.05) is 0 Å². The van der Waals surface area contributed by atoms with Crippen molar-refractivity contribution in [2.45, 2.75) is 45.7 Å². The Morgan fingerprint density at radius 1 is 1.35 bits per heavy atom. The summed E-state index contributed by atoms with van der Waals surface area (Å²) in [5.41, 5.74) is -0.658. The number of hydrogen-bond donors (Lipinski definition) is 1. The summed E-state index contributed by atoms with van der Waals surface area (Å²) < 4.78 is 13.6. The Hall–Kier alpha value is -1.71. The van der Waals surface area contributed by atoms with Crippen molar-refractivity contribution in [3.8, 4) is 0 Å². The van der Waals surface area contributed by atoms with Crippen molar-refractivity contribution in [3.05, 3.63) is 35.3 Å². The first kappa shape index (κ1) is 14.7. The van der Waals surface area contributed by atoms with Crippen molar-refractivity contribution in [1.82, 2.24) is 0 Å². The van der Waals surface area contributed by atoms with Crippen LogP contribution in [0.15, 0.2) is 40.2 Å². The molecule has 0 bridgehead atoms. The number of alkyl halides is 1. The lowest BCUT2D eigenvalue weighted by molar-refractivity contribution is -0.117. The molecule has 0 spiro atoms. The molecule has 2 aliphatic carbocycles. The topological polar surface area (TPSA) is 49.7 Å². The first-order valence-electron chi connectivity index (χ1n) is 6.76. The number of rotatable bonds is 2. The predicted molar refractivity (Wildman–Crippen MR) is 77.5 cm³/mol. The summed E-state index contributed by atoms with van der Waals surface area (Å²) in [6.07, 6.45) is 7.26. The highest BCUT2D eigenvalue weighted by atomic mass is 19.1. The maximum absolute atomic E-state index is 13.6. The Balaban J connectivity index is 2.15. The molecule has 0 saturated heterocycles. The van der Waals surface area contributed by atoms with Gasteiger partial charge in [0.2, 0.25) is 0 Å². The van der Waals surface area contributed by atoms with Crippen LogP contribution in [-0.4, -0.2) is 22.8 Å². The Morgan fingerprint density at radius 2 is 2.05 bits per heavy atom. The molecule has 0 radical (unpaired) electrons. The molecule has 3 nitrogen and oxygen atoms in total. The van der Waals surface area contributed by atoms with Gasteiger partial charge in [0.05, 0.1) is 11.3 Å². The molecule has 0 heterocycles. The van der Waals surface area contributed by atoms with Crippen molar-refractivity contribution in [2.24, 2.45) is 10.4 Å². The van der Waals surface area contributed by atoms with E-state index in [0.29, 0.717) is 18.5 Å². The number of carbonyl (C=O) groups is 1. The number of halogens is 1. The Labute approximate surface area is 118 Å². The normalized spacial score (nSPS) is 30.0. The molecular weight excluding hydrogens is 257 g/mol. The van der Waals surface area contributed by atoms with Crippen LogP contribution in [0.4, 0.5) is 4.39 Å². The van der Waals surface area contributed by atoms with Gasteiger partial charge in [-0.2, -0.15) is 0 Å². The third kappa shape index (κ3) is 3.44. The molecular formula is C16H20FNO2. The zero-order valence-electron chi connectivity index (χ0n) is 12.1. The van der Waals surface area contributed by atoms with Gasteiger partial charge in [-0.05, 0) is 24.5 Å². The summed E-state index contributed by atoms with van der Waals surface area (Å²) in [6, 6.07) is 0. The Bertz CT molecular complexity index is 551. The fraction of sp³-hybridized carbons (Fsp3) is 0.500. The molecule has 0 aromatic rings. The fourth-order valence-corrected chi connectivity index (χ4v) is 2.38. The summed E-state index contributed by atoms with van der Waals surface area (Å²) in [5.74, 6) is -0.0102. The summed E-state index contributed by atoms with van der Waals surface area (Å²) in [7, 11) is 0. The number of hydrogen-bond acceptors (Lipinski definition) is 3. The van der Waals surface area contributed by atoms with E-state index in [2.05, 4.69) is 4.99 Å². The van der Waals surface area contributed by atoms with Crippen LogP contribution in [0.25, 0.3) is 0 Å². The van der Waals surface area contributed by atoms with E-state index < -0.39 is 5.67 Å². The largest absolute Gasteiger partial charge is 0.511 e. The zero-order valence-corrected chi connectivity index (χ0v) is 12.1. The van der Waals surface area contributed by atoms with Crippen LogP contribution in [0.5, 0.6) is 0 Å². The minimum absolute atomic E-state index is 0.0886. The highest BCUT2D eigenvalue weighted by Crippen LogP contribution is 2.35. The van der Waals surface area contributed by atoms with Gasteiger partial charge in [0.1, 0.15) is 11.4 Å². The lowest BCUT2D eigenvalue weighted by atomic mass is 9.77. The quantitative estimate of drug-likeness (QED) is 0.780. The van der Waals surface area contributed by atoms with Gasteiger partial charge in [-0.3, -0.25) is 9.79 Å². The van der Waals surface area contributed by atoms with Gasteiger partial charge in [0, 0.05) is 25.5 Å². The number of aliphatic hydroxyl groups excluding tert-OH is 1. The highest BCUT2D eigenvalue weighted by molar-refractivity contribution is 6.14. The molecule has 0 saturated carbocycles. The maximum Gasteiger partial charge on any atom is 0.168 e. The van der Waals surface area contributed by atoms with Crippen molar-refractivity contribution in [1.29, 1.82) is 0 Å². The maximum atomic E-state index is 13.6. The van der Waals surface area contributed by atoms with Crippen LogP contribution in [0.3, 0.4) is 0 Å². The second kappa shape index (κ2) is 5.00. The molecule has 2 rings (SSSR count). The minimum Gasteiger partial charge on any atom is -0.511 e. The first-order chi connectivity index (χ1) is 9.19. The lowest BCUT2D eigenvalue weighted by Crippen LogP contribution is -2.26. The highest BCUT2D eigenvalue weighted by Gasteiger charge is 2.32. The Kier molecular flexibility index (Phi) is 3.67. The van der Waals surface area contributed by atoms with Gasteiger partial charge in [0.15, 0.2) is 5.78 Å². The standard InChI is InChI=1S/C16H20FNO2/c1-15(2)8-13(19)12(14(20)9-15)10-18-11-4-6-16(3,17)7-5-11/h4-6,10,19H,7-9H2,1-3H3. The van der Waals surface area contributed by atoms with E-state index in [4.69, 9.17) is 0 Å². The van der Waals surface area contributed by atoms with E-state index in [-0.39, 0.29) is 29.0 Å². The molecule has 0 aromatic heterocycles. The van der Waals surface area contributed by atoms with Crippen molar-refractivity contribution in [3.63, 3.8) is 0 Å². The van der Waals surface area contributed by atoms with Gasteiger partial charge >= 0.3 is 0 Å². The molecule has 0 aromatic carbocycles. The number of nitrogens with zero attached hydrogens (tertiary/aromatic N) is 1. The fourth-order valence-electron chi connectivity index (χ4n) is 2.38. The lowest BCUT2D eigenvalue weighted by Gasteiger charge is -2.28. The number of ketones is 1. The van der Waals surface area contributed by atoms with Crippen LogP contribution >= 0.6 is 0 Å². The SMILES string of the molecule is CC1(F)C=CC(N=CC2=C(O)CC(C)(C)CC2=O)=CC1. The van der Waals surface area contributed by atoms with Crippen LogP contribution in [0.1, 0.15) is 40.0 Å². The predicted octanol–water partition coefficient (Wildman–Crippen LogP) is 3.83. The molecule has 0 aliphatic heterocycles. The first-order valence-corrected chi connectivity index (χ1v) is 6.76. The molecule has 4 heteroatoms. The summed E-state index contributed by atoms with van der Waals surface area (Å²) in [5, 5.41) is 9.96. The van der Waals surface area contributed by atoms with Gasteiger partial charge in [-0.1, -0.05) is 19.9 Å². The Morgan fingerprint density at radius 3 is 2.60 bits per heavy atom. The number of carbonyl (C=O) groups excluding carboxylic acids is 1. The summed E-state index contributed by atoms with van der Waals surface area (Å²) in [4.78, 5) is 16.2. The van der Waals surface area contributed by atoms with Gasteiger partial charge in [0.25, 0.3) is 0 Å². The molecule has 0 amide bonds. The minimum atomic E-state index is -1.33. The van der Waals surface area contributed by atoms with Crippen LogP contribution < -0.4 is 0 Å². The number of Topliss-reactive ketones (excluding diaryl/α,β-unsaturated/α-hetero) is 1.